The van der Waals surface area contributed by atoms with Crippen LogP contribution in [0.3, 0.4) is 0 Å². The Bertz CT molecular complexity index is 226. The van der Waals surface area contributed by atoms with Gasteiger partial charge in [-0.3, -0.25) is 4.79 Å². The maximum absolute atomic E-state index is 11.7. The average Bonchev–Trinajstić information content (AvgIpc) is 2.10. The van der Waals surface area contributed by atoms with Gasteiger partial charge in [-0.2, -0.15) is 11.8 Å². The molecule has 0 spiro atoms. The van der Waals surface area contributed by atoms with Crippen LogP contribution in [0.25, 0.3) is 0 Å². The zero-order chi connectivity index (χ0) is 13.5. The van der Waals surface area contributed by atoms with Crippen LogP contribution in [-0.2, 0) is 4.79 Å². The first-order chi connectivity index (χ1) is 7.74. The quantitative estimate of drug-likeness (QED) is 0.739. The molecule has 0 saturated heterocycles. The smallest absolute Gasteiger partial charge is 0.221 e. The number of hydrogen-bond acceptors (Lipinski definition) is 3. The third kappa shape index (κ3) is 10.6. The maximum atomic E-state index is 11.7. The second-order valence-corrected chi connectivity index (χ2v) is 6.96. The molecule has 0 rings (SSSR count). The number of thioether (sulfide) groups is 1. The zero-order valence-electron chi connectivity index (χ0n) is 11.9. The van der Waals surface area contributed by atoms with Crippen LogP contribution in [0.15, 0.2) is 0 Å². The Morgan fingerprint density at radius 1 is 1.41 bits per heavy atom. The Labute approximate surface area is 110 Å². The fraction of sp³-hybridized carbons (Fsp3) is 0.923. The van der Waals surface area contributed by atoms with E-state index >= 15 is 0 Å². The van der Waals surface area contributed by atoms with Gasteiger partial charge in [0.25, 0.3) is 0 Å². The maximum Gasteiger partial charge on any atom is 0.221 e. The van der Waals surface area contributed by atoms with Gasteiger partial charge in [-0.1, -0.05) is 20.8 Å². The van der Waals surface area contributed by atoms with Crippen molar-refractivity contribution in [2.24, 2.45) is 11.1 Å². The van der Waals surface area contributed by atoms with Gasteiger partial charge in [-0.15, -0.1) is 0 Å². The molecule has 0 saturated carbocycles. The van der Waals surface area contributed by atoms with Crippen molar-refractivity contribution in [1.82, 2.24) is 5.32 Å². The summed E-state index contributed by atoms with van der Waals surface area (Å²) in [6.45, 7) is 8.48. The molecule has 0 radical (unpaired) electrons. The lowest BCUT2D eigenvalue weighted by atomic mass is 9.87. The van der Waals surface area contributed by atoms with E-state index in [-0.39, 0.29) is 23.4 Å². The molecular formula is C13H28N2OS. The van der Waals surface area contributed by atoms with Crippen molar-refractivity contribution in [3.63, 3.8) is 0 Å². The Morgan fingerprint density at radius 3 is 2.47 bits per heavy atom. The summed E-state index contributed by atoms with van der Waals surface area (Å²) in [5.41, 5.74) is 6.16. The molecule has 0 aromatic heterocycles. The highest BCUT2D eigenvalue weighted by atomic mass is 32.2. The minimum atomic E-state index is -0.0391. The summed E-state index contributed by atoms with van der Waals surface area (Å²) in [6.07, 6.45) is 4.40. The third-order valence-corrected chi connectivity index (χ3v) is 3.13. The van der Waals surface area contributed by atoms with Crippen LogP contribution >= 0.6 is 11.8 Å². The highest BCUT2D eigenvalue weighted by Crippen LogP contribution is 2.20. The van der Waals surface area contributed by atoms with Gasteiger partial charge in [0.2, 0.25) is 5.91 Å². The molecule has 102 valence electrons. The van der Waals surface area contributed by atoms with Gasteiger partial charge in [0.15, 0.2) is 0 Å². The highest BCUT2D eigenvalue weighted by molar-refractivity contribution is 7.98. The summed E-state index contributed by atoms with van der Waals surface area (Å²) in [5, 5.41) is 3.00. The predicted octanol–water partition coefficient (Wildman–Crippen LogP) is 2.40. The van der Waals surface area contributed by atoms with Gasteiger partial charge < -0.3 is 11.1 Å². The molecule has 2 atom stereocenters. The van der Waals surface area contributed by atoms with E-state index in [1.54, 1.807) is 11.8 Å². The summed E-state index contributed by atoms with van der Waals surface area (Å²) in [4.78, 5) is 11.7. The Morgan fingerprint density at radius 2 is 2.00 bits per heavy atom. The summed E-state index contributed by atoms with van der Waals surface area (Å²) >= 11 is 1.80. The molecule has 0 heterocycles. The van der Waals surface area contributed by atoms with E-state index in [9.17, 15) is 4.79 Å². The van der Waals surface area contributed by atoms with Crippen molar-refractivity contribution in [2.45, 2.75) is 59.0 Å². The van der Waals surface area contributed by atoms with Gasteiger partial charge in [0.05, 0.1) is 0 Å². The van der Waals surface area contributed by atoms with Crippen molar-refractivity contribution >= 4 is 17.7 Å². The fourth-order valence-electron chi connectivity index (χ4n) is 1.80. The van der Waals surface area contributed by atoms with Crippen LogP contribution in [0, 0.1) is 5.41 Å². The molecule has 4 heteroatoms. The largest absolute Gasteiger partial charge is 0.354 e. The molecular weight excluding hydrogens is 232 g/mol. The van der Waals surface area contributed by atoms with E-state index < -0.39 is 0 Å². The van der Waals surface area contributed by atoms with E-state index in [4.69, 9.17) is 5.73 Å². The van der Waals surface area contributed by atoms with E-state index in [0.29, 0.717) is 6.42 Å². The van der Waals surface area contributed by atoms with E-state index in [2.05, 4.69) is 32.3 Å². The lowest BCUT2D eigenvalue weighted by molar-refractivity contribution is -0.122. The normalized spacial score (nSPS) is 15.4. The molecule has 0 aliphatic carbocycles. The summed E-state index contributed by atoms with van der Waals surface area (Å²) in [7, 11) is 0. The SMILES string of the molecule is CSCCC(C)NC(=O)CC(N)CC(C)(C)C. The molecule has 0 aliphatic rings. The number of carbonyl (C=O) groups excluding carboxylic acids is 1. The molecule has 0 aliphatic heterocycles. The fourth-order valence-corrected chi connectivity index (χ4v) is 2.39. The van der Waals surface area contributed by atoms with Gasteiger partial charge >= 0.3 is 0 Å². The van der Waals surface area contributed by atoms with Crippen LogP contribution in [0.1, 0.15) is 47.0 Å². The molecule has 17 heavy (non-hydrogen) atoms. The standard InChI is InChI=1S/C13H28N2OS/c1-10(6-7-17-5)15-12(16)8-11(14)9-13(2,3)4/h10-11H,6-9,14H2,1-5H3,(H,15,16). The minimum Gasteiger partial charge on any atom is -0.354 e. The molecule has 0 aromatic rings. The van der Waals surface area contributed by atoms with Gasteiger partial charge in [-0.05, 0) is 37.2 Å². The molecule has 0 fully saturated rings. The number of rotatable bonds is 7. The zero-order valence-corrected chi connectivity index (χ0v) is 12.7. The Hall–Kier alpha value is -0.220. The first kappa shape index (κ1) is 16.8. The lowest BCUT2D eigenvalue weighted by Crippen LogP contribution is -2.38. The van der Waals surface area contributed by atoms with Crippen molar-refractivity contribution in [3.05, 3.63) is 0 Å². The number of nitrogens with two attached hydrogens (primary N) is 1. The molecule has 3 N–H and O–H groups in total. The first-order valence-corrected chi connectivity index (χ1v) is 7.68. The number of amides is 1. The van der Waals surface area contributed by atoms with E-state index in [1.807, 2.05) is 6.92 Å². The number of carbonyl (C=O) groups is 1. The van der Waals surface area contributed by atoms with E-state index in [0.717, 1.165) is 18.6 Å². The molecule has 2 unspecified atom stereocenters. The number of hydrogen-bond donors (Lipinski definition) is 2. The van der Waals surface area contributed by atoms with Gasteiger partial charge in [0.1, 0.15) is 0 Å². The van der Waals surface area contributed by atoms with Crippen LogP contribution in [0.4, 0.5) is 0 Å². The predicted molar refractivity (Wildman–Crippen MR) is 77.3 cm³/mol. The van der Waals surface area contributed by atoms with E-state index in [1.165, 1.54) is 0 Å². The minimum absolute atomic E-state index is 0.0391. The van der Waals surface area contributed by atoms with Crippen LogP contribution < -0.4 is 11.1 Å². The van der Waals surface area contributed by atoms with Crippen molar-refractivity contribution in [2.75, 3.05) is 12.0 Å². The topological polar surface area (TPSA) is 55.1 Å². The summed E-state index contributed by atoms with van der Waals surface area (Å²) < 4.78 is 0. The highest BCUT2D eigenvalue weighted by Gasteiger charge is 2.18. The van der Waals surface area contributed by atoms with Crippen molar-refractivity contribution in [3.8, 4) is 0 Å². The van der Waals surface area contributed by atoms with Crippen LogP contribution in [0.2, 0.25) is 0 Å². The second-order valence-electron chi connectivity index (χ2n) is 5.98. The molecule has 1 amide bonds. The lowest BCUT2D eigenvalue weighted by Gasteiger charge is -2.23. The Kier molecular flexibility index (Phi) is 7.88. The van der Waals surface area contributed by atoms with Crippen molar-refractivity contribution in [1.29, 1.82) is 0 Å². The summed E-state index contributed by atoms with van der Waals surface area (Å²) in [5.74, 6) is 1.16. The number of nitrogens with one attached hydrogen (secondary N) is 1. The van der Waals surface area contributed by atoms with Crippen molar-refractivity contribution < 1.29 is 4.79 Å². The van der Waals surface area contributed by atoms with Crippen LogP contribution in [0.5, 0.6) is 0 Å². The first-order valence-electron chi connectivity index (χ1n) is 6.28. The molecule has 0 aromatic carbocycles. The molecule has 3 nitrogen and oxygen atoms in total. The van der Waals surface area contributed by atoms with Gasteiger partial charge in [-0.25, -0.2) is 0 Å². The Balaban J connectivity index is 3.85. The monoisotopic (exact) mass is 260 g/mol. The second kappa shape index (κ2) is 7.98. The third-order valence-electron chi connectivity index (χ3n) is 2.48. The molecule has 0 bridgehead atoms. The summed E-state index contributed by atoms with van der Waals surface area (Å²) in [6, 6.07) is 0.208. The van der Waals surface area contributed by atoms with Gasteiger partial charge in [0, 0.05) is 18.5 Å². The average molecular weight is 260 g/mol. The van der Waals surface area contributed by atoms with Crippen LogP contribution in [-0.4, -0.2) is 30.0 Å².